The smallest absolute Gasteiger partial charge is 0.326 e. The number of nitrogens with zero attached hydrogens (tertiary/aromatic N) is 1. The van der Waals surface area contributed by atoms with E-state index in [0.29, 0.717) is 12.1 Å². The molecule has 11 N–H and O–H groups in total. The third kappa shape index (κ3) is 9.79. The van der Waals surface area contributed by atoms with Crippen molar-refractivity contribution in [1.82, 2.24) is 25.9 Å². The van der Waals surface area contributed by atoms with Gasteiger partial charge in [0.05, 0.1) is 25.2 Å². The summed E-state index contributed by atoms with van der Waals surface area (Å²) in [5.74, 6) is -6.42. The Morgan fingerprint density at radius 1 is 0.971 bits per heavy atom. The van der Waals surface area contributed by atoms with Crippen LogP contribution in [0, 0.1) is 5.92 Å². The lowest BCUT2D eigenvalue weighted by atomic mass is 9.97. The molecule has 0 radical (unpaired) electrons. The van der Waals surface area contributed by atoms with E-state index in [4.69, 9.17) is 17.2 Å². The molecule has 0 aliphatic heterocycles. The monoisotopic (exact) mass is 496 g/mol. The third-order valence-electron chi connectivity index (χ3n) is 5.18. The van der Waals surface area contributed by atoms with Gasteiger partial charge >= 0.3 is 5.97 Å². The van der Waals surface area contributed by atoms with E-state index < -0.39 is 78.4 Å². The number of aromatic nitrogens is 2. The molecule has 5 amide bonds. The number of primary amides is 2. The van der Waals surface area contributed by atoms with Gasteiger partial charge < -0.3 is 43.2 Å². The minimum atomic E-state index is -1.68. The first-order valence-corrected chi connectivity index (χ1v) is 10.8. The number of carboxylic acid groups (broad SMARTS) is 1. The largest absolute Gasteiger partial charge is 0.480 e. The summed E-state index contributed by atoms with van der Waals surface area (Å²) >= 11 is 0. The molecule has 5 atom stereocenters. The third-order valence-corrected chi connectivity index (χ3v) is 5.18. The first-order chi connectivity index (χ1) is 16.3. The number of aliphatic carboxylic acids is 1. The molecule has 1 aromatic rings. The molecule has 5 unspecified atom stereocenters. The van der Waals surface area contributed by atoms with Gasteiger partial charge in [0.2, 0.25) is 29.5 Å². The molecule has 0 saturated carbocycles. The van der Waals surface area contributed by atoms with Gasteiger partial charge in [-0.2, -0.15) is 0 Å². The SMILES string of the molecule is CCC(C)C(NC(=O)C(N)Cc1cnc[nH]1)C(=O)NC(CC(N)=O)C(=O)NC(CC(N)=O)C(=O)O. The van der Waals surface area contributed by atoms with Gasteiger partial charge in [-0.05, 0) is 5.92 Å². The average molecular weight is 497 g/mol. The summed E-state index contributed by atoms with van der Waals surface area (Å²) in [7, 11) is 0. The van der Waals surface area contributed by atoms with Gasteiger partial charge in [-0.15, -0.1) is 0 Å². The van der Waals surface area contributed by atoms with Crippen LogP contribution in [0.5, 0.6) is 0 Å². The van der Waals surface area contributed by atoms with Crippen molar-refractivity contribution in [1.29, 1.82) is 0 Å². The van der Waals surface area contributed by atoms with Crippen molar-refractivity contribution < 1.29 is 33.9 Å². The summed E-state index contributed by atoms with van der Waals surface area (Å²) in [6.07, 6.45) is 2.14. The normalized spacial score (nSPS) is 15.1. The summed E-state index contributed by atoms with van der Waals surface area (Å²) in [6, 6.07) is -5.40. The highest BCUT2D eigenvalue weighted by Gasteiger charge is 2.33. The molecule has 0 spiro atoms. The molecular formula is C20H32N8O7. The fraction of sp³-hybridized carbons (Fsp3) is 0.550. The van der Waals surface area contributed by atoms with E-state index in [-0.39, 0.29) is 6.42 Å². The van der Waals surface area contributed by atoms with Gasteiger partial charge in [-0.1, -0.05) is 20.3 Å². The van der Waals surface area contributed by atoms with Crippen LogP contribution >= 0.6 is 0 Å². The van der Waals surface area contributed by atoms with Gasteiger partial charge in [0, 0.05) is 18.3 Å². The molecule has 15 nitrogen and oxygen atoms in total. The maximum absolute atomic E-state index is 13.0. The summed E-state index contributed by atoms with van der Waals surface area (Å²) in [6.45, 7) is 3.46. The van der Waals surface area contributed by atoms with E-state index in [0.717, 1.165) is 0 Å². The lowest BCUT2D eigenvalue weighted by molar-refractivity contribution is -0.144. The molecule has 194 valence electrons. The number of H-pyrrole nitrogens is 1. The summed E-state index contributed by atoms with van der Waals surface area (Å²) < 4.78 is 0. The molecule has 1 rings (SSSR count). The minimum Gasteiger partial charge on any atom is -0.480 e. The van der Waals surface area contributed by atoms with Gasteiger partial charge in [0.1, 0.15) is 18.1 Å². The van der Waals surface area contributed by atoms with Crippen molar-refractivity contribution in [3.8, 4) is 0 Å². The van der Waals surface area contributed by atoms with Crippen molar-refractivity contribution >= 4 is 35.5 Å². The average Bonchev–Trinajstić information content (AvgIpc) is 3.27. The molecular weight excluding hydrogens is 464 g/mol. The highest BCUT2D eigenvalue weighted by atomic mass is 16.4. The van der Waals surface area contributed by atoms with Crippen LogP contribution in [0.4, 0.5) is 0 Å². The predicted octanol–water partition coefficient (Wildman–Crippen LogP) is -3.38. The lowest BCUT2D eigenvalue weighted by Gasteiger charge is -2.27. The van der Waals surface area contributed by atoms with Crippen LogP contribution in [0.3, 0.4) is 0 Å². The van der Waals surface area contributed by atoms with Crippen LogP contribution in [-0.2, 0) is 35.2 Å². The Labute approximate surface area is 200 Å². The molecule has 1 heterocycles. The van der Waals surface area contributed by atoms with E-state index in [2.05, 4.69) is 20.6 Å². The molecule has 0 aliphatic rings. The van der Waals surface area contributed by atoms with Crippen molar-refractivity contribution in [3.05, 3.63) is 18.2 Å². The Balaban J connectivity index is 2.99. The van der Waals surface area contributed by atoms with Crippen LogP contribution in [0.25, 0.3) is 0 Å². The lowest BCUT2D eigenvalue weighted by Crippen LogP contribution is -2.59. The van der Waals surface area contributed by atoms with Crippen molar-refractivity contribution in [2.45, 2.75) is 63.7 Å². The number of aromatic amines is 1. The zero-order valence-corrected chi connectivity index (χ0v) is 19.4. The zero-order chi connectivity index (χ0) is 26.7. The number of carboxylic acids is 1. The number of amides is 5. The first kappa shape index (κ1) is 29.0. The Morgan fingerprint density at radius 2 is 1.54 bits per heavy atom. The summed E-state index contributed by atoms with van der Waals surface area (Å²) in [5.41, 5.74) is 16.7. The second kappa shape index (κ2) is 13.6. The number of nitrogens with two attached hydrogens (primary N) is 3. The summed E-state index contributed by atoms with van der Waals surface area (Å²) in [5, 5.41) is 16.1. The Kier molecular flexibility index (Phi) is 11.3. The van der Waals surface area contributed by atoms with Gasteiger partial charge in [-0.3, -0.25) is 24.0 Å². The van der Waals surface area contributed by atoms with Crippen LogP contribution in [0.2, 0.25) is 0 Å². The van der Waals surface area contributed by atoms with Crippen LogP contribution in [0.15, 0.2) is 12.5 Å². The number of carbonyl (C=O) groups is 6. The van der Waals surface area contributed by atoms with Gasteiger partial charge in [0.15, 0.2) is 0 Å². The van der Waals surface area contributed by atoms with Crippen LogP contribution in [-0.4, -0.2) is 74.7 Å². The van der Waals surface area contributed by atoms with Crippen molar-refractivity contribution in [2.75, 3.05) is 0 Å². The zero-order valence-electron chi connectivity index (χ0n) is 19.4. The maximum Gasteiger partial charge on any atom is 0.326 e. The Bertz CT molecular complexity index is 921. The standard InChI is InChI=1S/C20H32N8O7/c1-3-9(2)16(28-17(31)11(21)4-10-7-24-8-25-10)19(33)26-12(5-14(22)29)18(32)27-13(20(34)35)6-15(23)30/h7-9,11-13,16H,3-6,21H2,1-2H3,(H2,22,29)(H2,23,30)(H,24,25)(H,26,33)(H,27,32)(H,28,31)(H,34,35). The molecule has 0 saturated heterocycles. The number of rotatable bonds is 15. The molecule has 0 aromatic carbocycles. The fourth-order valence-electron chi connectivity index (χ4n) is 3.03. The quantitative estimate of drug-likeness (QED) is 0.120. The number of nitrogens with one attached hydrogen (secondary N) is 4. The van der Waals surface area contributed by atoms with Crippen molar-refractivity contribution in [2.24, 2.45) is 23.1 Å². The van der Waals surface area contributed by atoms with E-state index >= 15 is 0 Å². The van der Waals surface area contributed by atoms with Crippen LogP contribution < -0.4 is 33.2 Å². The fourth-order valence-corrected chi connectivity index (χ4v) is 3.03. The van der Waals surface area contributed by atoms with Crippen LogP contribution in [0.1, 0.15) is 38.8 Å². The molecule has 0 fully saturated rings. The topological polar surface area (TPSA) is 265 Å². The second-order valence-corrected chi connectivity index (χ2v) is 8.06. The molecule has 0 aliphatic carbocycles. The van der Waals surface area contributed by atoms with E-state index in [1.54, 1.807) is 13.8 Å². The van der Waals surface area contributed by atoms with E-state index in [1.807, 2.05) is 5.32 Å². The highest BCUT2D eigenvalue weighted by Crippen LogP contribution is 2.10. The number of carbonyl (C=O) groups excluding carboxylic acids is 5. The molecule has 1 aromatic heterocycles. The Hall–Kier alpha value is -4.01. The minimum absolute atomic E-state index is 0.129. The number of hydrogen-bond donors (Lipinski definition) is 8. The van der Waals surface area contributed by atoms with Crippen molar-refractivity contribution in [3.63, 3.8) is 0 Å². The van der Waals surface area contributed by atoms with Gasteiger partial charge in [-0.25, -0.2) is 9.78 Å². The highest BCUT2D eigenvalue weighted by molar-refractivity contribution is 5.96. The molecule has 15 heteroatoms. The molecule has 35 heavy (non-hydrogen) atoms. The number of imidazole rings is 1. The predicted molar refractivity (Wildman–Crippen MR) is 121 cm³/mol. The Morgan fingerprint density at radius 3 is 2.03 bits per heavy atom. The summed E-state index contributed by atoms with van der Waals surface area (Å²) in [4.78, 5) is 78.8. The number of hydrogen-bond acceptors (Lipinski definition) is 8. The second-order valence-electron chi connectivity index (χ2n) is 8.06. The van der Waals surface area contributed by atoms with E-state index in [9.17, 15) is 33.9 Å². The maximum atomic E-state index is 13.0. The van der Waals surface area contributed by atoms with Gasteiger partial charge in [0.25, 0.3) is 0 Å². The molecule has 0 bridgehead atoms. The first-order valence-electron chi connectivity index (χ1n) is 10.8. The van der Waals surface area contributed by atoms with E-state index in [1.165, 1.54) is 12.5 Å².